The number of fused-ring (bicyclic) bond motifs is 7. The summed E-state index contributed by atoms with van der Waals surface area (Å²) in [7, 11) is 1.67. The lowest BCUT2D eigenvalue weighted by Gasteiger charge is -2.42. The van der Waals surface area contributed by atoms with Gasteiger partial charge in [-0.05, 0) is 60.4 Å². The van der Waals surface area contributed by atoms with Gasteiger partial charge in [-0.3, -0.25) is 14.5 Å². The first kappa shape index (κ1) is 24.8. The maximum Gasteiger partial charge on any atom is 0.298 e. The van der Waals surface area contributed by atoms with Crippen molar-refractivity contribution in [3.63, 3.8) is 0 Å². The number of nitrogens with zero attached hydrogens (tertiary/aromatic N) is 5. The van der Waals surface area contributed by atoms with Crippen LogP contribution in [0.15, 0.2) is 75.6 Å². The summed E-state index contributed by atoms with van der Waals surface area (Å²) < 4.78 is 8.86. The average Bonchev–Trinajstić information content (AvgIpc) is 3.32. The van der Waals surface area contributed by atoms with Crippen LogP contribution in [0.1, 0.15) is 29.2 Å². The summed E-state index contributed by atoms with van der Waals surface area (Å²) in [5, 5.41) is 5.80. The molecular formula is C30H27ClN6O3. The fourth-order valence-corrected chi connectivity index (χ4v) is 6.47. The molecule has 202 valence electrons. The molecule has 2 bridgehead atoms. The van der Waals surface area contributed by atoms with Crippen molar-refractivity contribution in [2.75, 3.05) is 20.2 Å². The Morgan fingerprint density at radius 3 is 2.90 bits per heavy atom. The summed E-state index contributed by atoms with van der Waals surface area (Å²) in [5.74, 6) is 1.59. The number of aromatic nitrogens is 4. The van der Waals surface area contributed by atoms with Crippen LogP contribution in [0, 0.1) is 5.92 Å². The van der Waals surface area contributed by atoms with Crippen molar-refractivity contribution in [3.8, 4) is 5.75 Å². The van der Waals surface area contributed by atoms with Gasteiger partial charge in [-0.25, -0.2) is 4.98 Å². The van der Waals surface area contributed by atoms with Gasteiger partial charge in [0.05, 0.1) is 13.3 Å². The van der Waals surface area contributed by atoms with E-state index in [-0.39, 0.29) is 11.1 Å². The average molecular weight is 555 g/mol. The summed E-state index contributed by atoms with van der Waals surface area (Å²) in [6.45, 7) is 3.30. The van der Waals surface area contributed by atoms with Crippen molar-refractivity contribution in [2.45, 2.75) is 25.4 Å². The summed E-state index contributed by atoms with van der Waals surface area (Å²) in [6, 6.07) is 16.9. The molecule has 10 heteroatoms. The lowest BCUT2D eigenvalue weighted by atomic mass is 9.83. The van der Waals surface area contributed by atoms with Crippen molar-refractivity contribution in [2.24, 2.45) is 11.0 Å². The second-order valence-corrected chi connectivity index (χ2v) is 11.1. The van der Waals surface area contributed by atoms with Gasteiger partial charge in [-0.2, -0.15) is 9.78 Å². The monoisotopic (exact) mass is 554 g/mol. The first-order valence-electron chi connectivity index (χ1n) is 13.3. The predicted molar refractivity (Wildman–Crippen MR) is 156 cm³/mol. The second-order valence-electron chi connectivity index (χ2n) is 10.6. The quantitative estimate of drug-likeness (QED) is 0.328. The van der Waals surface area contributed by atoms with Gasteiger partial charge in [0.2, 0.25) is 0 Å². The van der Waals surface area contributed by atoms with Crippen LogP contribution in [0.25, 0.3) is 21.9 Å². The molecule has 2 aliphatic rings. The minimum Gasteiger partial charge on any atom is -0.496 e. The van der Waals surface area contributed by atoms with E-state index in [9.17, 15) is 9.59 Å². The number of ether oxygens (including phenoxy) is 1. The number of halogens is 1. The highest BCUT2D eigenvalue weighted by molar-refractivity contribution is 6.31. The van der Waals surface area contributed by atoms with Crippen LogP contribution in [0.2, 0.25) is 5.02 Å². The van der Waals surface area contributed by atoms with Gasteiger partial charge >= 0.3 is 0 Å². The zero-order valence-corrected chi connectivity index (χ0v) is 22.6. The maximum atomic E-state index is 13.1. The number of hydrogen-bond donors (Lipinski definition) is 1. The molecule has 9 nitrogen and oxygen atoms in total. The van der Waals surface area contributed by atoms with Crippen LogP contribution in [-0.4, -0.2) is 50.5 Å². The van der Waals surface area contributed by atoms with Gasteiger partial charge < -0.3 is 14.3 Å². The Morgan fingerprint density at radius 2 is 2.02 bits per heavy atom. The van der Waals surface area contributed by atoms with E-state index >= 15 is 0 Å². The normalized spacial score (nSPS) is 18.9. The minimum absolute atomic E-state index is 0.0942. The van der Waals surface area contributed by atoms with Crippen LogP contribution in [0.3, 0.4) is 0 Å². The number of H-pyrrole nitrogens is 1. The number of pyridine rings is 1. The molecule has 0 spiro atoms. The standard InChI is InChI=1S/C30H27ClN6O3/c1-40-26-8-5-18(12-33-37-17-32-28-23-11-22(31)6-7-24(23)34-29(28)30(37)39)9-21(26)16-35-13-19-10-20(15-35)25-3-2-4-27(38)36(25)14-19/h2-9,11-12,17,19-20,34H,10,13-16H2,1H3/b33-12+/t19-,20+/m1/s1. The lowest BCUT2D eigenvalue weighted by molar-refractivity contribution is 0.113. The first-order valence-corrected chi connectivity index (χ1v) is 13.7. The number of methoxy groups -OCH3 is 1. The molecule has 1 saturated heterocycles. The Hall–Kier alpha value is -4.21. The zero-order valence-electron chi connectivity index (χ0n) is 21.9. The Balaban J connectivity index is 1.15. The van der Waals surface area contributed by atoms with Crippen LogP contribution in [0.5, 0.6) is 5.75 Å². The fraction of sp³-hybridized carbons (Fsp3) is 0.267. The second kappa shape index (κ2) is 9.76. The van der Waals surface area contributed by atoms with E-state index < -0.39 is 0 Å². The van der Waals surface area contributed by atoms with E-state index in [0.29, 0.717) is 27.9 Å². The molecule has 2 atom stereocenters. The molecule has 1 N–H and O–H groups in total. The number of piperidine rings is 1. The Morgan fingerprint density at radius 1 is 1.12 bits per heavy atom. The van der Waals surface area contributed by atoms with Crippen molar-refractivity contribution in [3.05, 3.63) is 103 Å². The van der Waals surface area contributed by atoms with E-state index in [0.717, 1.165) is 66.1 Å². The minimum atomic E-state index is -0.290. The third-order valence-electron chi connectivity index (χ3n) is 8.04. The number of aromatic amines is 1. The SMILES string of the molecule is COc1ccc(/C=N/n2cnc3c([nH]c4ccc(Cl)cc43)c2=O)cc1CN1C[C@H]2C[C@@H](C1)c1cccc(=O)n1C2. The highest BCUT2D eigenvalue weighted by atomic mass is 35.5. The Kier molecular flexibility index (Phi) is 6.05. The number of nitrogens with one attached hydrogen (secondary N) is 1. The van der Waals surface area contributed by atoms with Crippen molar-refractivity contribution < 1.29 is 4.74 Å². The van der Waals surface area contributed by atoms with Gasteiger partial charge in [0, 0.05) is 65.3 Å². The predicted octanol–water partition coefficient (Wildman–Crippen LogP) is 4.20. The van der Waals surface area contributed by atoms with Crippen molar-refractivity contribution >= 4 is 39.8 Å². The number of hydrogen-bond acceptors (Lipinski definition) is 6. The van der Waals surface area contributed by atoms with E-state index in [2.05, 4.69) is 26.0 Å². The molecule has 0 amide bonds. The molecule has 3 aromatic heterocycles. The van der Waals surface area contributed by atoms with Gasteiger partial charge in [0.25, 0.3) is 11.1 Å². The zero-order chi connectivity index (χ0) is 27.4. The topological polar surface area (TPSA) is 97.5 Å². The highest BCUT2D eigenvalue weighted by Gasteiger charge is 2.34. The summed E-state index contributed by atoms with van der Waals surface area (Å²) in [4.78, 5) is 35.6. The van der Waals surface area contributed by atoms with Gasteiger partial charge in [0.15, 0.2) is 0 Å². The molecule has 5 heterocycles. The van der Waals surface area contributed by atoms with Gasteiger partial charge in [-0.1, -0.05) is 17.7 Å². The molecule has 0 unspecified atom stereocenters. The van der Waals surface area contributed by atoms with Crippen LogP contribution in [0.4, 0.5) is 0 Å². The third-order valence-corrected chi connectivity index (χ3v) is 8.27. The number of likely N-dealkylation sites (tertiary alicyclic amines) is 1. The summed E-state index contributed by atoms with van der Waals surface area (Å²) in [6.07, 6.45) is 4.20. The third kappa shape index (κ3) is 4.31. The van der Waals surface area contributed by atoms with E-state index in [1.54, 1.807) is 31.5 Å². The first-order chi connectivity index (χ1) is 19.5. The molecule has 0 aliphatic carbocycles. The van der Waals surface area contributed by atoms with E-state index in [4.69, 9.17) is 16.3 Å². The van der Waals surface area contributed by atoms with Crippen LogP contribution >= 0.6 is 11.6 Å². The lowest BCUT2D eigenvalue weighted by Crippen LogP contribution is -2.46. The summed E-state index contributed by atoms with van der Waals surface area (Å²) >= 11 is 6.14. The molecule has 0 saturated carbocycles. The van der Waals surface area contributed by atoms with Crippen LogP contribution < -0.4 is 15.9 Å². The fourth-order valence-electron chi connectivity index (χ4n) is 6.30. The van der Waals surface area contributed by atoms with E-state index in [1.165, 1.54) is 11.0 Å². The van der Waals surface area contributed by atoms with Crippen LogP contribution in [-0.2, 0) is 13.1 Å². The van der Waals surface area contributed by atoms with Crippen molar-refractivity contribution in [1.29, 1.82) is 0 Å². The molecular weight excluding hydrogens is 528 g/mol. The smallest absolute Gasteiger partial charge is 0.298 e. The molecule has 7 rings (SSSR count). The molecule has 0 radical (unpaired) electrons. The highest BCUT2D eigenvalue weighted by Crippen LogP contribution is 2.36. The largest absolute Gasteiger partial charge is 0.496 e. The molecule has 2 aromatic carbocycles. The Labute approximate surface area is 234 Å². The summed E-state index contributed by atoms with van der Waals surface area (Å²) in [5.41, 5.74) is 4.58. The molecule has 5 aromatic rings. The molecule has 40 heavy (non-hydrogen) atoms. The maximum absolute atomic E-state index is 13.1. The number of rotatable bonds is 5. The van der Waals surface area contributed by atoms with E-state index in [1.807, 2.05) is 34.9 Å². The Bertz CT molecular complexity index is 1920. The molecule has 1 fully saturated rings. The van der Waals surface area contributed by atoms with Gasteiger partial charge in [-0.15, -0.1) is 0 Å². The molecule has 2 aliphatic heterocycles. The number of benzene rings is 2. The van der Waals surface area contributed by atoms with Crippen molar-refractivity contribution in [1.82, 2.24) is 24.1 Å². The van der Waals surface area contributed by atoms with Gasteiger partial charge in [0.1, 0.15) is 23.1 Å².